The summed E-state index contributed by atoms with van der Waals surface area (Å²) >= 11 is 0. The van der Waals surface area contributed by atoms with Gasteiger partial charge in [0.1, 0.15) is 5.82 Å². The first-order valence-electron chi connectivity index (χ1n) is 11.7. The number of benzene rings is 3. The predicted molar refractivity (Wildman–Crippen MR) is 136 cm³/mol. The predicted octanol–water partition coefficient (Wildman–Crippen LogP) is 5.06. The van der Waals surface area contributed by atoms with Crippen LogP contribution in [0.1, 0.15) is 47.6 Å². The first kappa shape index (κ1) is 23.2. The minimum atomic E-state index is -0.0790. The Bertz CT molecular complexity index is 1260. The highest BCUT2D eigenvalue weighted by Gasteiger charge is 2.12. The van der Waals surface area contributed by atoms with Gasteiger partial charge in [0.05, 0.1) is 11.0 Å². The third-order valence-corrected chi connectivity index (χ3v) is 5.80. The molecule has 3 aromatic carbocycles. The van der Waals surface area contributed by atoms with Crippen molar-refractivity contribution in [3.05, 3.63) is 95.3 Å². The van der Waals surface area contributed by atoms with Crippen LogP contribution in [0.25, 0.3) is 11.0 Å². The molecule has 0 unspecified atom stereocenters. The van der Waals surface area contributed by atoms with Gasteiger partial charge in [-0.1, -0.05) is 42.5 Å². The van der Waals surface area contributed by atoms with Crippen molar-refractivity contribution in [2.75, 3.05) is 5.32 Å². The number of aryl methyl sites for hydroxylation is 3. The number of imidazole rings is 1. The van der Waals surface area contributed by atoms with E-state index in [2.05, 4.69) is 32.7 Å². The van der Waals surface area contributed by atoms with E-state index in [0.29, 0.717) is 5.56 Å². The number of H-pyrrole nitrogens is 1. The molecule has 1 heterocycles. The molecule has 4 rings (SSSR count). The fourth-order valence-corrected chi connectivity index (χ4v) is 3.95. The molecule has 174 valence electrons. The Balaban J connectivity index is 1.33. The third-order valence-electron chi connectivity index (χ3n) is 5.80. The van der Waals surface area contributed by atoms with Crippen LogP contribution in [0.5, 0.6) is 0 Å². The first-order chi connectivity index (χ1) is 16.5. The molecular formula is C28H30N4O2. The van der Waals surface area contributed by atoms with E-state index in [1.807, 2.05) is 67.6 Å². The fourth-order valence-electron chi connectivity index (χ4n) is 3.95. The molecule has 0 aliphatic carbocycles. The number of aromatic nitrogens is 2. The van der Waals surface area contributed by atoms with Crippen molar-refractivity contribution in [3.8, 4) is 0 Å². The normalized spacial score (nSPS) is 11.8. The minimum absolute atomic E-state index is 0.0714. The van der Waals surface area contributed by atoms with Crippen molar-refractivity contribution in [2.24, 2.45) is 0 Å². The third kappa shape index (κ3) is 6.32. The van der Waals surface area contributed by atoms with E-state index in [4.69, 9.17) is 0 Å². The number of hydrogen-bond donors (Lipinski definition) is 3. The highest BCUT2D eigenvalue weighted by atomic mass is 16.2. The SMILES string of the molecule is CC(=O)Nc1ccc(CCc2nc3ccc(C(=O)N[C@H](C)CCc4ccccc4)cc3[nH]2)cc1. The van der Waals surface area contributed by atoms with E-state index in [9.17, 15) is 9.59 Å². The number of carbonyl (C=O) groups excluding carboxylic acids is 2. The van der Waals surface area contributed by atoms with Gasteiger partial charge >= 0.3 is 0 Å². The van der Waals surface area contributed by atoms with Gasteiger partial charge in [-0.3, -0.25) is 9.59 Å². The molecule has 0 aliphatic heterocycles. The van der Waals surface area contributed by atoms with E-state index < -0.39 is 0 Å². The van der Waals surface area contributed by atoms with Gasteiger partial charge in [0, 0.05) is 30.6 Å². The Morgan fingerprint density at radius 1 is 0.912 bits per heavy atom. The molecule has 0 saturated heterocycles. The Morgan fingerprint density at radius 2 is 1.65 bits per heavy atom. The van der Waals surface area contributed by atoms with E-state index in [0.717, 1.165) is 48.2 Å². The Hall–Kier alpha value is -3.93. The van der Waals surface area contributed by atoms with Crippen LogP contribution >= 0.6 is 0 Å². The van der Waals surface area contributed by atoms with Gasteiger partial charge in [-0.2, -0.15) is 0 Å². The van der Waals surface area contributed by atoms with Gasteiger partial charge in [0.25, 0.3) is 5.91 Å². The van der Waals surface area contributed by atoms with Crippen LogP contribution in [0.4, 0.5) is 5.69 Å². The molecule has 6 heteroatoms. The van der Waals surface area contributed by atoms with Crippen molar-refractivity contribution in [1.29, 1.82) is 0 Å². The summed E-state index contributed by atoms with van der Waals surface area (Å²) in [5, 5.41) is 5.88. The second-order valence-electron chi connectivity index (χ2n) is 8.69. The van der Waals surface area contributed by atoms with Crippen molar-refractivity contribution >= 4 is 28.5 Å². The smallest absolute Gasteiger partial charge is 0.251 e. The number of hydrogen-bond acceptors (Lipinski definition) is 3. The highest BCUT2D eigenvalue weighted by molar-refractivity contribution is 5.97. The van der Waals surface area contributed by atoms with Crippen LogP contribution in [-0.4, -0.2) is 27.8 Å². The lowest BCUT2D eigenvalue weighted by Crippen LogP contribution is -2.32. The Morgan fingerprint density at radius 3 is 2.38 bits per heavy atom. The van der Waals surface area contributed by atoms with Crippen molar-refractivity contribution < 1.29 is 9.59 Å². The summed E-state index contributed by atoms with van der Waals surface area (Å²) in [7, 11) is 0. The molecule has 0 bridgehead atoms. The van der Waals surface area contributed by atoms with E-state index in [1.54, 1.807) is 0 Å². The zero-order valence-corrected chi connectivity index (χ0v) is 19.6. The summed E-state index contributed by atoms with van der Waals surface area (Å²) in [5.74, 6) is 0.734. The molecule has 34 heavy (non-hydrogen) atoms. The molecule has 0 radical (unpaired) electrons. The van der Waals surface area contributed by atoms with Crippen molar-refractivity contribution in [2.45, 2.75) is 45.6 Å². The van der Waals surface area contributed by atoms with Crippen molar-refractivity contribution in [1.82, 2.24) is 15.3 Å². The zero-order chi connectivity index (χ0) is 23.9. The lowest BCUT2D eigenvalue weighted by Gasteiger charge is -2.14. The topological polar surface area (TPSA) is 86.9 Å². The first-order valence-corrected chi connectivity index (χ1v) is 11.7. The number of nitrogens with one attached hydrogen (secondary N) is 3. The van der Waals surface area contributed by atoms with Crippen LogP contribution < -0.4 is 10.6 Å². The molecule has 1 aromatic heterocycles. The van der Waals surface area contributed by atoms with Crippen LogP contribution in [0.15, 0.2) is 72.8 Å². The number of amides is 2. The van der Waals surface area contributed by atoms with E-state index in [1.165, 1.54) is 18.1 Å². The van der Waals surface area contributed by atoms with Crippen LogP contribution in [0.2, 0.25) is 0 Å². The lowest BCUT2D eigenvalue weighted by molar-refractivity contribution is -0.114. The molecule has 0 saturated carbocycles. The number of nitrogens with zero attached hydrogens (tertiary/aromatic N) is 1. The van der Waals surface area contributed by atoms with Crippen LogP contribution in [0.3, 0.4) is 0 Å². The van der Waals surface area contributed by atoms with Gasteiger partial charge in [-0.25, -0.2) is 4.98 Å². The molecule has 1 atom stereocenters. The maximum absolute atomic E-state index is 12.8. The molecule has 4 aromatic rings. The summed E-state index contributed by atoms with van der Waals surface area (Å²) < 4.78 is 0. The van der Waals surface area contributed by atoms with Gasteiger partial charge in [0.15, 0.2) is 0 Å². The molecule has 2 amide bonds. The second-order valence-corrected chi connectivity index (χ2v) is 8.69. The number of carbonyl (C=O) groups is 2. The lowest BCUT2D eigenvalue weighted by atomic mass is 10.1. The monoisotopic (exact) mass is 454 g/mol. The van der Waals surface area contributed by atoms with Crippen molar-refractivity contribution in [3.63, 3.8) is 0 Å². The molecule has 6 nitrogen and oxygen atoms in total. The van der Waals surface area contributed by atoms with Crippen LogP contribution in [0, 0.1) is 0 Å². The van der Waals surface area contributed by atoms with E-state index >= 15 is 0 Å². The fraction of sp³-hybridized carbons (Fsp3) is 0.250. The summed E-state index contributed by atoms with van der Waals surface area (Å²) in [6.45, 7) is 3.54. The molecule has 0 aliphatic rings. The van der Waals surface area contributed by atoms with E-state index in [-0.39, 0.29) is 17.9 Å². The number of aromatic amines is 1. The summed E-state index contributed by atoms with van der Waals surface area (Å²) in [4.78, 5) is 31.9. The Labute approximate surface area is 199 Å². The van der Waals surface area contributed by atoms with Gasteiger partial charge < -0.3 is 15.6 Å². The molecule has 0 fully saturated rings. The standard InChI is InChI=1S/C28H30N4O2/c1-19(8-9-21-6-4-3-5-7-21)29-28(34)23-13-16-25-26(18-23)32-27(31-25)17-12-22-10-14-24(15-11-22)30-20(2)33/h3-7,10-11,13-16,18-19H,8-9,12,17H2,1-2H3,(H,29,34)(H,30,33)(H,31,32)/t19-/m1/s1. The molecular weight excluding hydrogens is 424 g/mol. The number of rotatable bonds is 9. The maximum atomic E-state index is 12.8. The van der Waals surface area contributed by atoms with Gasteiger partial charge in [0.2, 0.25) is 5.91 Å². The molecule has 0 spiro atoms. The Kier molecular flexibility index (Phi) is 7.38. The average molecular weight is 455 g/mol. The largest absolute Gasteiger partial charge is 0.350 e. The number of fused-ring (bicyclic) bond motifs is 1. The average Bonchev–Trinajstić information content (AvgIpc) is 3.25. The highest BCUT2D eigenvalue weighted by Crippen LogP contribution is 2.17. The summed E-state index contributed by atoms with van der Waals surface area (Å²) in [6, 6.07) is 23.8. The quantitative estimate of drug-likeness (QED) is 0.330. The summed E-state index contributed by atoms with van der Waals surface area (Å²) in [5.41, 5.74) is 5.58. The molecule has 3 N–H and O–H groups in total. The van der Waals surface area contributed by atoms with Gasteiger partial charge in [-0.15, -0.1) is 0 Å². The van der Waals surface area contributed by atoms with Gasteiger partial charge in [-0.05, 0) is 67.6 Å². The zero-order valence-electron chi connectivity index (χ0n) is 19.6. The van der Waals surface area contributed by atoms with Crippen LogP contribution in [-0.2, 0) is 24.1 Å². The minimum Gasteiger partial charge on any atom is -0.350 e. The maximum Gasteiger partial charge on any atom is 0.251 e. The summed E-state index contributed by atoms with van der Waals surface area (Å²) in [6.07, 6.45) is 3.40. The number of anilines is 1. The second kappa shape index (κ2) is 10.8.